The van der Waals surface area contributed by atoms with E-state index in [1.54, 1.807) is 13.8 Å². The average molecular weight is 262 g/mol. The van der Waals surface area contributed by atoms with Crippen molar-refractivity contribution in [3.63, 3.8) is 0 Å². The molecule has 0 saturated heterocycles. The van der Waals surface area contributed by atoms with Gasteiger partial charge >= 0.3 is 5.97 Å². The molecule has 0 aliphatic carbocycles. The average Bonchev–Trinajstić information content (AvgIpc) is 2.20. The van der Waals surface area contributed by atoms with E-state index in [4.69, 9.17) is 5.11 Å². The van der Waals surface area contributed by atoms with Gasteiger partial charge in [-0.2, -0.15) is 0 Å². The number of carboxylic acids is 1. The third-order valence-corrected chi connectivity index (χ3v) is 4.14. The fourth-order valence-electron chi connectivity index (χ4n) is 1.39. The summed E-state index contributed by atoms with van der Waals surface area (Å²) in [5.74, 6) is -3.35. The Labute approximate surface area is 99.9 Å². The summed E-state index contributed by atoms with van der Waals surface area (Å²) in [5.41, 5.74) is 0. The predicted molar refractivity (Wildman–Crippen MR) is 59.0 cm³/mol. The topological polar surface area (TPSA) is 54.4 Å². The van der Waals surface area contributed by atoms with Crippen molar-refractivity contribution in [1.29, 1.82) is 0 Å². The molecule has 1 aromatic rings. The van der Waals surface area contributed by atoms with Crippen LogP contribution in [0, 0.1) is 17.6 Å². The number of rotatable bonds is 4. The van der Waals surface area contributed by atoms with Gasteiger partial charge in [-0.25, -0.2) is 8.78 Å². The molecule has 0 amide bonds. The molecule has 0 fully saturated rings. The molecule has 0 aliphatic heterocycles. The second-order valence-electron chi connectivity index (χ2n) is 3.88. The molecule has 0 heterocycles. The van der Waals surface area contributed by atoms with Gasteiger partial charge in [0.2, 0.25) is 0 Å². The van der Waals surface area contributed by atoms with Crippen LogP contribution in [0.5, 0.6) is 0 Å². The summed E-state index contributed by atoms with van der Waals surface area (Å²) >= 11 is 0. The minimum absolute atomic E-state index is 0.411. The zero-order valence-corrected chi connectivity index (χ0v) is 10.1. The van der Waals surface area contributed by atoms with E-state index in [-0.39, 0.29) is 0 Å². The molecule has 0 spiro atoms. The van der Waals surface area contributed by atoms with Crippen LogP contribution < -0.4 is 0 Å². The van der Waals surface area contributed by atoms with E-state index in [1.807, 2.05) is 0 Å². The Bertz CT molecular complexity index is 460. The minimum atomic E-state index is -2.12. The van der Waals surface area contributed by atoms with Crippen molar-refractivity contribution < 1.29 is 22.9 Å². The van der Waals surface area contributed by atoms with E-state index in [9.17, 15) is 17.8 Å². The largest absolute Gasteiger partial charge is 0.480 e. The molecule has 0 bridgehead atoms. The van der Waals surface area contributed by atoms with Crippen LogP contribution in [0.15, 0.2) is 23.1 Å². The van der Waals surface area contributed by atoms with Gasteiger partial charge in [0.25, 0.3) is 0 Å². The molecule has 94 valence electrons. The molecule has 1 N–H and O–H groups in total. The Balaban J connectivity index is 3.18. The Hall–Kier alpha value is -1.30. The van der Waals surface area contributed by atoms with E-state index >= 15 is 0 Å². The zero-order chi connectivity index (χ0) is 13.2. The highest BCUT2D eigenvalue weighted by Crippen LogP contribution is 2.21. The molecule has 0 aromatic heterocycles. The number of hydrogen-bond donors (Lipinski definition) is 1. The summed E-state index contributed by atoms with van der Waals surface area (Å²) in [6.07, 6.45) is 0. The molecular weight excluding hydrogens is 250 g/mol. The summed E-state index contributed by atoms with van der Waals surface area (Å²) in [6, 6.07) is 2.49. The van der Waals surface area contributed by atoms with Gasteiger partial charge in [-0.05, 0) is 24.1 Å². The minimum Gasteiger partial charge on any atom is -0.480 e. The number of aliphatic carboxylic acids is 1. The normalized spacial score (nSPS) is 14.6. The summed E-state index contributed by atoms with van der Waals surface area (Å²) in [4.78, 5) is 10.5. The van der Waals surface area contributed by atoms with E-state index < -0.39 is 44.5 Å². The van der Waals surface area contributed by atoms with Crippen molar-refractivity contribution in [3.8, 4) is 0 Å². The number of carbonyl (C=O) groups is 1. The predicted octanol–water partition coefficient (Wildman–Crippen LogP) is 2.18. The fourth-order valence-corrected chi connectivity index (χ4v) is 2.83. The molecule has 0 radical (unpaired) electrons. The quantitative estimate of drug-likeness (QED) is 0.904. The van der Waals surface area contributed by atoms with Crippen LogP contribution in [0.1, 0.15) is 13.8 Å². The maximum atomic E-state index is 13.4. The Morgan fingerprint density at radius 2 is 1.94 bits per heavy atom. The summed E-state index contributed by atoms with van der Waals surface area (Å²) in [6.45, 7) is 3.13. The third-order valence-electron chi connectivity index (χ3n) is 2.19. The number of benzene rings is 1. The molecule has 2 unspecified atom stereocenters. The highest BCUT2D eigenvalue weighted by Gasteiger charge is 2.30. The molecule has 0 aliphatic rings. The van der Waals surface area contributed by atoms with Crippen molar-refractivity contribution in [2.75, 3.05) is 0 Å². The summed E-state index contributed by atoms with van der Waals surface area (Å²) in [5, 5.41) is 7.67. The number of hydrogen-bond acceptors (Lipinski definition) is 2. The Morgan fingerprint density at radius 1 is 1.35 bits per heavy atom. The van der Waals surface area contributed by atoms with E-state index in [0.29, 0.717) is 0 Å². The van der Waals surface area contributed by atoms with Crippen LogP contribution in [0.2, 0.25) is 0 Å². The second-order valence-corrected chi connectivity index (χ2v) is 5.42. The highest BCUT2D eigenvalue weighted by atomic mass is 32.2. The first-order chi connectivity index (χ1) is 7.84. The molecule has 1 rings (SSSR count). The van der Waals surface area contributed by atoms with Gasteiger partial charge in [-0.1, -0.05) is 13.8 Å². The lowest BCUT2D eigenvalue weighted by atomic mass is 10.1. The second kappa shape index (κ2) is 5.35. The first-order valence-electron chi connectivity index (χ1n) is 4.93. The zero-order valence-electron chi connectivity index (χ0n) is 9.31. The molecule has 1 aromatic carbocycles. The van der Waals surface area contributed by atoms with Gasteiger partial charge < -0.3 is 5.11 Å². The van der Waals surface area contributed by atoms with Crippen molar-refractivity contribution in [3.05, 3.63) is 29.8 Å². The van der Waals surface area contributed by atoms with Gasteiger partial charge in [0, 0.05) is 0 Å². The standard InChI is InChI=1S/C11H12F2O3S/c1-6(2)10(11(14)15)17(16)9-5-7(12)3-4-8(9)13/h3-6,10H,1-2H3,(H,14,15). The van der Waals surface area contributed by atoms with Crippen LogP contribution >= 0.6 is 0 Å². The van der Waals surface area contributed by atoms with Gasteiger partial charge in [-0.15, -0.1) is 0 Å². The number of carboxylic acid groups (broad SMARTS) is 1. The van der Waals surface area contributed by atoms with Crippen LogP contribution in [0.4, 0.5) is 8.78 Å². The molecular formula is C11H12F2O3S. The van der Waals surface area contributed by atoms with Crippen LogP contribution in [-0.4, -0.2) is 20.5 Å². The van der Waals surface area contributed by atoms with E-state index in [1.165, 1.54) is 0 Å². The first-order valence-corrected chi connectivity index (χ1v) is 6.14. The van der Waals surface area contributed by atoms with Crippen molar-refractivity contribution in [1.82, 2.24) is 0 Å². The smallest absolute Gasteiger partial charge is 0.319 e. The Morgan fingerprint density at radius 3 is 2.41 bits per heavy atom. The third kappa shape index (κ3) is 3.09. The van der Waals surface area contributed by atoms with Gasteiger partial charge in [0.1, 0.15) is 16.9 Å². The van der Waals surface area contributed by atoms with Crippen LogP contribution in [0.3, 0.4) is 0 Å². The van der Waals surface area contributed by atoms with Crippen LogP contribution in [0.25, 0.3) is 0 Å². The van der Waals surface area contributed by atoms with Gasteiger partial charge in [-0.3, -0.25) is 9.00 Å². The monoisotopic (exact) mass is 262 g/mol. The molecule has 3 nitrogen and oxygen atoms in total. The van der Waals surface area contributed by atoms with Crippen molar-refractivity contribution in [2.24, 2.45) is 5.92 Å². The lowest BCUT2D eigenvalue weighted by molar-refractivity contribution is -0.137. The van der Waals surface area contributed by atoms with Crippen molar-refractivity contribution in [2.45, 2.75) is 24.0 Å². The van der Waals surface area contributed by atoms with Gasteiger partial charge in [0.05, 0.1) is 15.7 Å². The SMILES string of the molecule is CC(C)C(C(=O)O)S(=O)c1cc(F)ccc1F. The maximum Gasteiger partial charge on any atom is 0.319 e. The maximum absolute atomic E-state index is 13.4. The van der Waals surface area contributed by atoms with Crippen LogP contribution in [-0.2, 0) is 15.6 Å². The fraction of sp³-hybridized carbons (Fsp3) is 0.364. The van der Waals surface area contributed by atoms with Gasteiger partial charge in [0.15, 0.2) is 0 Å². The first kappa shape index (κ1) is 13.8. The molecule has 0 saturated carbocycles. The van der Waals surface area contributed by atoms with E-state index in [0.717, 1.165) is 18.2 Å². The van der Waals surface area contributed by atoms with E-state index in [2.05, 4.69) is 0 Å². The lowest BCUT2D eigenvalue weighted by Gasteiger charge is -2.16. The summed E-state index contributed by atoms with van der Waals surface area (Å²) in [7, 11) is -2.12. The summed E-state index contributed by atoms with van der Waals surface area (Å²) < 4.78 is 38.2. The van der Waals surface area contributed by atoms with Crippen molar-refractivity contribution >= 4 is 16.8 Å². The number of halogens is 2. The highest BCUT2D eigenvalue weighted by molar-refractivity contribution is 7.86. The molecule has 6 heteroatoms. The molecule has 17 heavy (non-hydrogen) atoms. The lowest BCUT2D eigenvalue weighted by Crippen LogP contribution is -2.31. The Kier molecular flexibility index (Phi) is 4.34. The molecule has 2 atom stereocenters.